The maximum absolute atomic E-state index is 12.1. The number of rotatable bonds is 4. The van der Waals surface area contributed by atoms with Gasteiger partial charge in [0.15, 0.2) is 0 Å². The summed E-state index contributed by atoms with van der Waals surface area (Å²) in [5.74, 6) is -0.345. The van der Waals surface area contributed by atoms with Crippen LogP contribution in [-0.2, 0) is 4.74 Å². The average molecular weight is 294 g/mol. The second kappa shape index (κ2) is 6.19. The van der Waals surface area contributed by atoms with E-state index in [-0.39, 0.29) is 18.1 Å². The van der Waals surface area contributed by atoms with Crippen LogP contribution in [0.2, 0.25) is 0 Å². The number of non-ortho nitro benzene ring substituents is 1. The number of carbonyl (C=O) groups is 1. The SMILES string of the molecule is Cc1cc([N+](=O)[O-])ccc1C(=O)NCC1(O)CCOCC1. The molecule has 1 fully saturated rings. The van der Waals surface area contributed by atoms with E-state index in [1.54, 1.807) is 6.92 Å². The number of ether oxygens (including phenoxy) is 1. The van der Waals surface area contributed by atoms with Crippen LogP contribution in [0.3, 0.4) is 0 Å². The lowest BCUT2D eigenvalue weighted by Gasteiger charge is -2.32. The molecule has 114 valence electrons. The zero-order valence-corrected chi connectivity index (χ0v) is 11.8. The maximum atomic E-state index is 12.1. The predicted octanol–water partition coefficient (Wildman–Crippen LogP) is 1.17. The Bertz CT molecular complexity index is 552. The number of amides is 1. The third-order valence-electron chi connectivity index (χ3n) is 3.67. The number of hydrogen-bond acceptors (Lipinski definition) is 5. The summed E-state index contributed by atoms with van der Waals surface area (Å²) >= 11 is 0. The van der Waals surface area contributed by atoms with Gasteiger partial charge in [0.1, 0.15) is 0 Å². The number of nitrogens with zero attached hydrogens (tertiary/aromatic N) is 1. The van der Waals surface area contributed by atoms with Crippen LogP contribution in [-0.4, -0.2) is 41.3 Å². The molecule has 2 rings (SSSR count). The van der Waals surface area contributed by atoms with Gasteiger partial charge in [-0.1, -0.05) is 0 Å². The van der Waals surface area contributed by atoms with Crippen molar-refractivity contribution in [2.75, 3.05) is 19.8 Å². The van der Waals surface area contributed by atoms with Crippen LogP contribution in [0.1, 0.15) is 28.8 Å². The first-order chi connectivity index (χ1) is 9.91. The molecule has 0 aliphatic carbocycles. The fraction of sp³-hybridized carbons (Fsp3) is 0.500. The van der Waals surface area contributed by atoms with Gasteiger partial charge in [-0.15, -0.1) is 0 Å². The molecule has 0 unspecified atom stereocenters. The molecule has 7 nitrogen and oxygen atoms in total. The Kier molecular flexibility index (Phi) is 4.54. The number of benzene rings is 1. The maximum Gasteiger partial charge on any atom is 0.269 e. The van der Waals surface area contributed by atoms with E-state index in [9.17, 15) is 20.0 Å². The Hall–Kier alpha value is -1.99. The topological polar surface area (TPSA) is 102 Å². The molecule has 1 heterocycles. The third-order valence-corrected chi connectivity index (χ3v) is 3.67. The zero-order valence-electron chi connectivity index (χ0n) is 11.8. The van der Waals surface area contributed by atoms with Crippen molar-refractivity contribution in [2.45, 2.75) is 25.4 Å². The van der Waals surface area contributed by atoms with E-state index in [4.69, 9.17) is 4.74 Å². The lowest BCUT2D eigenvalue weighted by Crippen LogP contribution is -2.46. The second-order valence-electron chi connectivity index (χ2n) is 5.28. The van der Waals surface area contributed by atoms with Crippen LogP contribution in [0.5, 0.6) is 0 Å². The van der Waals surface area contributed by atoms with Gasteiger partial charge in [-0.05, 0) is 18.6 Å². The molecule has 1 aromatic rings. The van der Waals surface area contributed by atoms with E-state index in [1.807, 2.05) is 0 Å². The van der Waals surface area contributed by atoms with E-state index in [2.05, 4.69) is 5.32 Å². The van der Waals surface area contributed by atoms with Gasteiger partial charge in [-0.3, -0.25) is 14.9 Å². The molecule has 0 aromatic heterocycles. The number of aryl methyl sites for hydroxylation is 1. The van der Waals surface area contributed by atoms with Crippen LogP contribution < -0.4 is 5.32 Å². The van der Waals surface area contributed by atoms with E-state index in [0.29, 0.717) is 37.2 Å². The molecular weight excluding hydrogens is 276 g/mol. The first-order valence-corrected chi connectivity index (χ1v) is 6.75. The van der Waals surface area contributed by atoms with Crippen LogP contribution in [0.4, 0.5) is 5.69 Å². The van der Waals surface area contributed by atoms with Crippen molar-refractivity contribution in [3.63, 3.8) is 0 Å². The molecule has 0 saturated carbocycles. The van der Waals surface area contributed by atoms with Crippen molar-refractivity contribution in [1.82, 2.24) is 5.32 Å². The van der Waals surface area contributed by atoms with Gasteiger partial charge >= 0.3 is 0 Å². The molecule has 0 spiro atoms. The van der Waals surface area contributed by atoms with E-state index in [0.717, 1.165) is 0 Å². The van der Waals surface area contributed by atoms with E-state index in [1.165, 1.54) is 18.2 Å². The monoisotopic (exact) mass is 294 g/mol. The number of hydrogen-bond donors (Lipinski definition) is 2. The first kappa shape index (κ1) is 15.4. The molecule has 1 saturated heterocycles. The van der Waals surface area contributed by atoms with Gasteiger partial charge in [0, 0.05) is 50.3 Å². The summed E-state index contributed by atoms with van der Waals surface area (Å²) in [6.45, 7) is 2.74. The van der Waals surface area contributed by atoms with Crippen molar-refractivity contribution >= 4 is 11.6 Å². The minimum Gasteiger partial charge on any atom is -0.388 e. The molecule has 0 bridgehead atoms. The summed E-state index contributed by atoms with van der Waals surface area (Å²) in [7, 11) is 0. The van der Waals surface area contributed by atoms with Crippen molar-refractivity contribution in [2.24, 2.45) is 0 Å². The van der Waals surface area contributed by atoms with Crippen LogP contribution in [0.25, 0.3) is 0 Å². The Labute approximate surface area is 122 Å². The quantitative estimate of drug-likeness (QED) is 0.641. The fourth-order valence-corrected chi connectivity index (χ4v) is 2.28. The molecule has 1 amide bonds. The Morgan fingerprint density at radius 3 is 2.71 bits per heavy atom. The van der Waals surface area contributed by atoms with E-state index >= 15 is 0 Å². The summed E-state index contributed by atoms with van der Waals surface area (Å²) in [5.41, 5.74) is -0.0909. The van der Waals surface area contributed by atoms with Gasteiger partial charge < -0.3 is 15.2 Å². The summed E-state index contributed by atoms with van der Waals surface area (Å²) in [4.78, 5) is 22.3. The number of carbonyl (C=O) groups excluding carboxylic acids is 1. The molecule has 0 atom stereocenters. The molecule has 1 aliphatic heterocycles. The fourth-order valence-electron chi connectivity index (χ4n) is 2.28. The van der Waals surface area contributed by atoms with Crippen LogP contribution in [0, 0.1) is 17.0 Å². The Morgan fingerprint density at radius 2 is 2.14 bits per heavy atom. The third kappa shape index (κ3) is 3.77. The summed E-state index contributed by atoms with van der Waals surface area (Å²) in [6, 6.07) is 4.08. The van der Waals surface area contributed by atoms with Gasteiger partial charge in [-0.25, -0.2) is 0 Å². The normalized spacial score (nSPS) is 17.2. The number of aliphatic hydroxyl groups is 1. The van der Waals surface area contributed by atoms with Gasteiger partial charge in [-0.2, -0.15) is 0 Å². The Morgan fingerprint density at radius 1 is 1.48 bits per heavy atom. The van der Waals surface area contributed by atoms with Gasteiger partial charge in [0.2, 0.25) is 0 Å². The molecular formula is C14H18N2O5. The minimum atomic E-state index is -0.942. The molecule has 2 N–H and O–H groups in total. The van der Waals surface area contributed by atoms with Crippen LogP contribution in [0.15, 0.2) is 18.2 Å². The van der Waals surface area contributed by atoms with Crippen LogP contribution >= 0.6 is 0 Å². The average Bonchev–Trinajstić information content (AvgIpc) is 2.45. The number of nitro benzene ring substituents is 1. The standard InChI is InChI=1S/C14H18N2O5/c1-10-8-11(16(19)20)2-3-12(10)13(17)15-9-14(18)4-6-21-7-5-14/h2-3,8,18H,4-7,9H2,1H3,(H,15,17). The van der Waals surface area contributed by atoms with Crippen molar-refractivity contribution in [1.29, 1.82) is 0 Å². The highest BCUT2D eigenvalue weighted by Crippen LogP contribution is 2.20. The first-order valence-electron chi connectivity index (χ1n) is 6.75. The van der Waals surface area contributed by atoms with E-state index < -0.39 is 10.5 Å². The lowest BCUT2D eigenvalue weighted by atomic mass is 9.94. The predicted molar refractivity (Wildman–Crippen MR) is 75.2 cm³/mol. The second-order valence-corrected chi connectivity index (χ2v) is 5.28. The van der Waals surface area contributed by atoms with Crippen molar-refractivity contribution in [3.05, 3.63) is 39.4 Å². The highest BCUT2D eigenvalue weighted by atomic mass is 16.6. The zero-order chi connectivity index (χ0) is 15.5. The van der Waals surface area contributed by atoms with Gasteiger partial charge in [0.25, 0.3) is 11.6 Å². The summed E-state index contributed by atoms with van der Waals surface area (Å²) in [5, 5.41) is 23.6. The molecule has 21 heavy (non-hydrogen) atoms. The minimum absolute atomic E-state index is 0.0490. The summed E-state index contributed by atoms with van der Waals surface area (Å²) in [6.07, 6.45) is 0.957. The highest BCUT2D eigenvalue weighted by molar-refractivity contribution is 5.95. The highest BCUT2D eigenvalue weighted by Gasteiger charge is 2.30. The van der Waals surface area contributed by atoms with Gasteiger partial charge in [0.05, 0.1) is 10.5 Å². The smallest absolute Gasteiger partial charge is 0.269 e. The molecule has 1 aliphatic rings. The van der Waals surface area contributed by atoms with Crippen molar-refractivity contribution in [3.8, 4) is 0 Å². The number of nitro groups is 1. The lowest BCUT2D eigenvalue weighted by molar-refractivity contribution is -0.384. The largest absolute Gasteiger partial charge is 0.388 e. The molecule has 7 heteroatoms. The molecule has 1 aromatic carbocycles. The Balaban J connectivity index is 2.01. The number of nitrogens with one attached hydrogen (secondary N) is 1. The summed E-state index contributed by atoms with van der Waals surface area (Å²) < 4.78 is 5.17. The van der Waals surface area contributed by atoms with Crippen molar-refractivity contribution < 1.29 is 19.6 Å². The molecule has 0 radical (unpaired) electrons.